The average Bonchev–Trinajstić information content (AvgIpc) is 3.35. The Labute approximate surface area is 195 Å². The third kappa shape index (κ3) is 6.60. The topological polar surface area (TPSA) is 102 Å². The molecule has 1 heterocycles. The van der Waals surface area contributed by atoms with Crippen LogP contribution in [0.1, 0.15) is 57.1 Å². The summed E-state index contributed by atoms with van der Waals surface area (Å²) in [7, 11) is 0. The maximum absolute atomic E-state index is 12.6. The van der Waals surface area contributed by atoms with E-state index in [1.165, 1.54) is 30.4 Å². The molecule has 0 bridgehead atoms. The van der Waals surface area contributed by atoms with E-state index in [9.17, 15) is 19.2 Å². The maximum Gasteiger partial charge on any atom is 0.338 e. The quantitative estimate of drug-likeness (QED) is 0.336. The van der Waals surface area contributed by atoms with Crippen molar-refractivity contribution < 1.29 is 23.9 Å². The molecule has 3 rings (SSSR count). The van der Waals surface area contributed by atoms with E-state index in [1.54, 1.807) is 48.5 Å². The summed E-state index contributed by atoms with van der Waals surface area (Å²) in [6.07, 6.45) is 0.184. The third-order valence-electron chi connectivity index (χ3n) is 4.71. The van der Waals surface area contributed by atoms with Gasteiger partial charge in [0.05, 0.1) is 10.4 Å². The summed E-state index contributed by atoms with van der Waals surface area (Å²) in [6, 6.07) is 16.2. The molecule has 2 N–H and O–H groups in total. The molecule has 2 amide bonds. The molecule has 0 aliphatic carbocycles. The van der Waals surface area contributed by atoms with Crippen LogP contribution in [0.4, 0.5) is 11.4 Å². The van der Waals surface area contributed by atoms with Crippen LogP contribution in [-0.2, 0) is 9.53 Å². The summed E-state index contributed by atoms with van der Waals surface area (Å²) in [5, 5.41) is 7.32. The molecule has 0 spiro atoms. The molecule has 1 aromatic heterocycles. The fraction of sp³-hybridized carbons (Fsp3) is 0.200. The minimum absolute atomic E-state index is 0.0871. The zero-order valence-electron chi connectivity index (χ0n) is 18.3. The van der Waals surface area contributed by atoms with Crippen LogP contribution >= 0.6 is 11.3 Å². The number of ketones is 1. The number of carbonyl (C=O) groups is 4. The van der Waals surface area contributed by atoms with Crippen LogP contribution in [-0.4, -0.2) is 29.7 Å². The number of amides is 2. The van der Waals surface area contributed by atoms with Gasteiger partial charge in [-0.25, -0.2) is 4.79 Å². The highest BCUT2D eigenvalue weighted by molar-refractivity contribution is 7.12. The van der Waals surface area contributed by atoms with Crippen molar-refractivity contribution in [3.63, 3.8) is 0 Å². The van der Waals surface area contributed by atoms with E-state index in [0.29, 0.717) is 28.2 Å². The largest absolute Gasteiger partial charge is 0.451 e. The highest BCUT2D eigenvalue weighted by Gasteiger charge is 2.20. The Morgan fingerprint density at radius 1 is 0.879 bits per heavy atom. The normalized spacial score (nSPS) is 11.3. The highest BCUT2D eigenvalue weighted by atomic mass is 32.1. The number of hydrogen-bond acceptors (Lipinski definition) is 6. The van der Waals surface area contributed by atoms with Crippen LogP contribution in [0.15, 0.2) is 66.0 Å². The van der Waals surface area contributed by atoms with Gasteiger partial charge in [-0.2, -0.15) is 0 Å². The first-order valence-corrected chi connectivity index (χ1v) is 11.4. The fourth-order valence-electron chi connectivity index (χ4n) is 2.98. The van der Waals surface area contributed by atoms with Crippen molar-refractivity contribution in [1.29, 1.82) is 0 Å². The summed E-state index contributed by atoms with van der Waals surface area (Å²) in [5.74, 6) is -1.31. The monoisotopic (exact) mass is 464 g/mol. The lowest BCUT2D eigenvalue weighted by molar-refractivity contribution is -0.116. The summed E-state index contributed by atoms with van der Waals surface area (Å²) in [4.78, 5) is 49.4. The summed E-state index contributed by atoms with van der Waals surface area (Å²) in [5.41, 5.74) is 1.77. The van der Waals surface area contributed by atoms with Gasteiger partial charge in [0.15, 0.2) is 6.10 Å². The van der Waals surface area contributed by atoms with Crippen molar-refractivity contribution in [3.8, 4) is 0 Å². The number of thiophene rings is 1. The number of carbonyl (C=O) groups excluding carboxylic acids is 4. The van der Waals surface area contributed by atoms with Gasteiger partial charge in [-0.15, -0.1) is 11.3 Å². The second-order valence-corrected chi connectivity index (χ2v) is 8.24. The molecule has 0 radical (unpaired) electrons. The average molecular weight is 465 g/mol. The molecule has 7 nitrogen and oxygen atoms in total. The van der Waals surface area contributed by atoms with E-state index in [-0.39, 0.29) is 23.2 Å². The van der Waals surface area contributed by atoms with Gasteiger partial charge in [0, 0.05) is 23.4 Å². The molecule has 0 saturated heterocycles. The maximum atomic E-state index is 12.6. The number of anilines is 2. The number of rotatable bonds is 9. The highest BCUT2D eigenvalue weighted by Crippen LogP contribution is 2.17. The molecule has 170 valence electrons. The molecule has 1 atom stereocenters. The number of nitrogens with one attached hydrogen (secondary N) is 2. The Bertz CT molecular complexity index is 1120. The van der Waals surface area contributed by atoms with Crippen LogP contribution in [0.25, 0.3) is 0 Å². The molecule has 0 saturated carbocycles. The Balaban J connectivity index is 1.55. The zero-order chi connectivity index (χ0) is 23.8. The molecule has 0 aliphatic rings. The second-order valence-electron chi connectivity index (χ2n) is 7.30. The van der Waals surface area contributed by atoms with Gasteiger partial charge in [0.2, 0.25) is 11.7 Å². The number of ether oxygens (including phenoxy) is 1. The molecular weight excluding hydrogens is 440 g/mol. The van der Waals surface area contributed by atoms with Gasteiger partial charge < -0.3 is 15.4 Å². The molecule has 2 aromatic carbocycles. The third-order valence-corrected chi connectivity index (χ3v) is 5.58. The predicted octanol–water partition coefficient (Wildman–Crippen LogP) is 5.17. The fourth-order valence-corrected chi connectivity index (χ4v) is 3.59. The lowest BCUT2D eigenvalue weighted by Crippen LogP contribution is -2.24. The van der Waals surface area contributed by atoms with Crippen molar-refractivity contribution >= 4 is 46.3 Å². The second kappa shape index (κ2) is 11.2. The number of esters is 1. The Morgan fingerprint density at radius 2 is 1.48 bits per heavy atom. The summed E-state index contributed by atoms with van der Waals surface area (Å²) >= 11 is 1.33. The van der Waals surface area contributed by atoms with Crippen molar-refractivity contribution in [1.82, 2.24) is 0 Å². The van der Waals surface area contributed by atoms with Crippen LogP contribution in [0, 0.1) is 0 Å². The molecule has 0 aliphatic heterocycles. The minimum Gasteiger partial charge on any atom is -0.451 e. The SMILES string of the molecule is CCCC(=O)Nc1ccc(C(=O)C(C)OC(=O)c2ccc(NC(=O)c3cccs3)cc2)cc1. The van der Waals surface area contributed by atoms with Crippen LogP contribution in [0.5, 0.6) is 0 Å². The van der Waals surface area contributed by atoms with Gasteiger partial charge in [0.1, 0.15) is 0 Å². The number of hydrogen-bond donors (Lipinski definition) is 2. The molecule has 33 heavy (non-hydrogen) atoms. The van der Waals surface area contributed by atoms with Gasteiger partial charge in [-0.05, 0) is 73.3 Å². The Kier molecular flexibility index (Phi) is 8.10. The molecule has 0 fully saturated rings. The van der Waals surface area contributed by atoms with Crippen molar-refractivity contribution in [3.05, 3.63) is 82.0 Å². The predicted molar refractivity (Wildman–Crippen MR) is 128 cm³/mol. The number of benzene rings is 2. The summed E-state index contributed by atoms with van der Waals surface area (Å²) in [6.45, 7) is 3.43. The van der Waals surface area contributed by atoms with Gasteiger partial charge >= 0.3 is 5.97 Å². The lowest BCUT2D eigenvalue weighted by atomic mass is 10.1. The summed E-state index contributed by atoms with van der Waals surface area (Å²) < 4.78 is 5.32. The van der Waals surface area contributed by atoms with E-state index in [1.807, 2.05) is 12.3 Å². The number of Topliss-reactive ketones (excluding diaryl/α,β-unsaturated/α-hetero) is 1. The Morgan fingerprint density at radius 3 is 2.06 bits per heavy atom. The van der Waals surface area contributed by atoms with E-state index < -0.39 is 12.1 Å². The molecule has 8 heteroatoms. The van der Waals surface area contributed by atoms with Crippen molar-refractivity contribution in [2.24, 2.45) is 0 Å². The van der Waals surface area contributed by atoms with Gasteiger partial charge in [0.25, 0.3) is 5.91 Å². The van der Waals surface area contributed by atoms with Crippen molar-refractivity contribution in [2.75, 3.05) is 10.6 Å². The van der Waals surface area contributed by atoms with Gasteiger partial charge in [-0.1, -0.05) is 13.0 Å². The van der Waals surface area contributed by atoms with E-state index in [0.717, 1.165) is 6.42 Å². The van der Waals surface area contributed by atoms with E-state index in [4.69, 9.17) is 4.74 Å². The smallest absolute Gasteiger partial charge is 0.338 e. The minimum atomic E-state index is -0.990. The van der Waals surface area contributed by atoms with Crippen LogP contribution in [0.3, 0.4) is 0 Å². The standard InChI is InChI=1S/C25H24N2O5S/c1-3-5-22(28)26-19-11-7-17(8-12-19)23(29)16(2)32-25(31)18-9-13-20(14-10-18)27-24(30)21-6-4-15-33-21/h4,6-16H,3,5H2,1-2H3,(H,26,28)(H,27,30). The Hall–Kier alpha value is -3.78. The lowest BCUT2D eigenvalue weighted by Gasteiger charge is -2.13. The zero-order valence-corrected chi connectivity index (χ0v) is 19.1. The van der Waals surface area contributed by atoms with Crippen LogP contribution < -0.4 is 10.6 Å². The molecule has 3 aromatic rings. The van der Waals surface area contributed by atoms with Gasteiger partial charge in [-0.3, -0.25) is 14.4 Å². The van der Waals surface area contributed by atoms with E-state index >= 15 is 0 Å². The van der Waals surface area contributed by atoms with Crippen molar-refractivity contribution in [2.45, 2.75) is 32.8 Å². The molecule has 1 unspecified atom stereocenters. The van der Waals surface area contributed by atoms with E-state index in [2.05, 4.69) is 10.6 Å². The first kappa shape index (κ1) is 23.9. The van der Waals surface area contributed by atoms with Crippen LogP contribution in [0.2, 0.25) is 0 Å². The first-order chi connectivity index (χ1) is 15.9. The first-order valence-electron chi connectivity index (χ1n) is 10.5. The molecular formula is C25H24N2O5S.